The van der Waals surface area contributed by atoms with Crippen molar-refractivity contribution in [2.24, 2.45) is 11.8 Å². The SMILES string of the molecule is B.C1CC2(PC34CCC(CC3)C4)CCC1C2. The maximum atomic E-state index is 1.64. The zero-order valence-electron chi connectivity index (χ0n) is 9.73. The summed E-state index contributed by atoms with van der Waals surface area (Å²) in [6, 6.07) is 0. The molecule has 4 aliphatic carbocycles. The summed E-state index contributed by atoms with van der Waals surface area (Å²) < 4.78 is 0. The van der Waals surface area contributed by atoms with Crippen molar-refractivity contribution in [3.05, 3.63) is 0 Å². The highest BCUT2D eigenvalue weighted by molar-refractivity contribution is 7.42. The van der Waals surface area contributed by atoms with Gasteiger partial charge in [0.05, 0.1) is 8.41 Å². The monoisotopic (exact) mass is 236 g/mol. The van der Waals surface area contributed by atoms with Crippen LogP contribution in [0.3, 0.4) is 0 Å². The van der Waals surface area contributed by atoms with Gasteiger partial charge in [-0.2, -0.15) is 0 Å². The minimum absolute atomic E-state index is 0. The first-order valence-corrected chi connectivity index (χ1v) is 8.07. The maximum absolute atomic E-state index is 1.64. The summed E-state index contributed by atoms with van der Waals surface area (Å²) in [7, 11) is 1.36. The average molecular weight is 236 g/mol. The van der Waals surface area contributed by atoms with Crippen LogP contribution >= 0.6 is 8.58 Å². The van der Waals surface area contributed by atoms with Gasteiger partial charge in [-0.3, -0.25) is 0 Å². The van der Waals surface area contributed by atoms with E-state index in [1.165, 1.54) is 8.58 Å². The standard InChI is InChI=1S/C14H23P.BH3/c1-5-13(6-2-11(1)9-13)15-14-7-3-12(10-14)4-8-14;/h11-12,15H,1-10H2;1H3. The molecule has 0 aromatic heterocycles. The van der Waals surface area contributed by atoms with E-state index in [4.69, 9.17) is 0 Å². The lowest BCUT2D eigenvalue weighted by Gasteiger charge is -2.37. The van der Waals surface area contributed by atoms with Gasteiger partial charge in [0.1, 0.15) is 0 Å². The van der Waals surface area contributed by atoms with Crippen molar-refractivity contribution in [2.45, 2.75) is 74.5 Å². The van der Waals surface area contributed by atoms with Crippen LogP contribution < -0.4 is 0 Å². The van der Waals surface area contributed by atoms with E-state index in [2.05, 4.69) is 0 Å². The molecule has 0 amide bonds. The van der Waals surface area contributed by atoms with Gasteiger partial charge >= 0.3 is 0 Å². The van der Waals surface area contributed by atoms with Crippen LogP contribution in [0.2, 0.25) is 0 Å². The first-order valence-electron chi connectivity index (χ1n) is 7.07. The summed E-state index contributed by atoms with van der Waals surface area (Å²) in [6.07, 6.45) is 16.1. The molecule has 4 aliphatic rings. The zero-order chi connectivity index (χ0) is 9.93. The van der Waals surface area contributed by atoms with E-state index in [0.29, 0.717) is 0 Å². The summed E-state index contributed by atoms with van der Waals surface area (Å²) in [5.41, 5.74) is 0. The summed E-state index contributed by atoms with van der Waals surface area (Å²) in [6.45, 7) is 0. The van der Waals surface area contributed by atoms with Crippen molar-refractivity contribution < 1.29 is 0 Å². The van der Waals surface area contributed by atoms with Crippen molar-refractivity contribution in [1.29, 1.82) is 0 Å². The molecule has 0 heterocycles. The van der Waals surface area contributed by atoms with Crippen LogP contribution in [-0.2, 0) is 0 Å². The summed E-state index contributed by atoms with van der Waals surface area (Å²) >= 11 is 0. The fourth-order valence-electron chi connectivity index (χ4n) is 5.30. The molecule has 0 nitrogen and oxygen atoms in total. The number of hydrogen-bond acceptors (Lipinski definition) is 0. The molecule has 0 spiro atoms. The molecule has 90 valence electrons. The molecule has 0 atom stereocenters. The first-order chi connectivity index (χ1) is 7.28. The van der Waals surface area contributed by atoms with Crippen molar-refractivity contribution in [2.75, 3.05) is 0 Å². The van der Waals surface area contributed by atoms with Gasteiger partial charge < -0.3 is 0 Å². The lowest BCUT2D eigenvalue weighted by Crippen LogP contribution is -2.26. The van der Waals surface area contributed by atoms with Gasteiger partial charge in [-0.1, -0.05) is 0 Å². The van der Waals surface area contributed by atoms with Crippen molar-refractivity contribution >= 4 is 17.0 Å². The van der Waals surface area contributed by atoms with Gasteiger partial charge in [-0.05, 0) is 86.4 Å². The van der Waals surface area contributed by atoms with E-state index in [9.17, 15) is 0 Å². The third-order valence-corrected chi connectivity index (χ3v) is 8.48. The normalized spacial score (nSPS) is 54.0. The fraction of sp³-hybridized carbons (Fsp3) is 1.00. The largest absolute Gasteiger partial charge is 0.109 e. The third kappa shape index (κ3) is 1.61. The summed E-state index contributed by atoms with van der Waals surface area (Å²) in [5, 5.41) is 1.79. The van der Waals surface area contributed by atoms with E-state index in [1.54, 1.807) is 64.2 Å². The maximum Gasteiger partial charge on any atom is 0.0814 e. The molecular weight excluding hydrogens is 210 g/mol. The predicted octanol–water partition coefficient (Wildman–Crippen LogP) is 3.15. The van der Waals surface area contributed by atoms with Crippen LogP contribution in [0.1, 0.15) is 64.2 Å². The molecule has 16 heavy (non-hydrogen) atoms. The quantitative estimate of drug-likeness (QED) is 0.510. The van der Waals surface area contributed by atoms with E-state index < -0.39 is 0 Å². The smallest absolute Gasteiger partial charge is 0.0814 e. The van der Waals surface area contributed by atoms with Gasteiger partial charge in [0.2, 0.25) is 0 Å². The van der Waals surface area contributed by atoms with Gasteiger partial charge in [-0.25, -0.2) is 0 Å². The molecule has 0 aliphatic heterocycles. The number of hydrogen-bond donors (Lipinski definition) is 0. The molecule has 0 radical (unpaired) electrons. The second-order valence-corrected chi connectivity index (χ2v) is 9.35. The minimum atomic E-state index is 0. The molecule has 4 saturated carbocycles. The average Bonchev–Trinajstić information content (AvgIpc) is 2.95. The van der Waals surface area contributed by atoms with Crippen molar-refractivity contribution in [1.82, 2.24) is 0 Å². The van der Waals surface area contributed by atoms with Crippen LogP contribution in [0, 0.1) is 11.8 Å². The van der Waals surface area contributed by atoms with Gasteiger partial charge in [-0.15, -0.1) is 8.58 Å². The second-order valence-electron chi connectivity index (χ2n) is 6.98. The highest BCUT2D eigenvalue weighted by Crippen LogP contribution is 2.68. The molecule has 4 rings (SSSR count). The molecule has 0 aromatic rings. The van der Waals surface area contributed by atoms with Crippen LogP contribution in [0.25, 0.3) is 0 Å². The minimum Gasteiger partial charge on any atom is -0.109 e. The first kappa shape index (κ1) is 11.6. The van der Waals surface area contributed by atoms with Crippen LogP contribution in [0.5, 0.6) is 0 Å². The van der Waals surface area contributed by atoms with E-state index in [1.807, 2.05) is 0 Å². The van der Waals surface area contributed by atoms with Crippen molar-refractivity contribution in [3.8, 4) is 0 Å². The van der Waals surface area contributed by atoms with Gasteiger partial charge in [0.15, 0.2) is 0 Å². The molecular formula is C14H26BP. The molecule has 4 fully saturated rings. The highest BCUT2D eigenvalue weighted by Gasteiger charge is 2.53. The third-order valence-electron chi connectivity index (χ3n) is 6.01. The van der Waals surface area contributed by atoms with Crippen LogP contribution in [0.15, 0.2) is 0 Å². The number of fused-ring (bicyclic) bond motifs is 4. The molecule has 2 heteroatoms. The summed E-state index contributed by atoms with van der Waals surface area (Å²) in [5.74, 6) is 2.32. The summed E-state index contributed by atoms with van der Waals surface area (Å²) in [4.78, 5) is 0. The Labute approximate surface area is 104 Å². The van der Waals surface area contributed by atoms with Crippen LogP contribution in [-0.4, -0.2) is 18.7 Å². The lowest BCUT2D eigenvalue weighted by atomic mass is 9.99. The Balaban J connectivity index is 0.000000810. The van der Waals surface area contributed by atoms with E-state index >= 15 is 0 Å². The van der Waals surface area contributed by atoms with Crippen LogP contribution in [0.4, 0.5) is 0 Å². The van der Waals surface area contributed by atoms with Crippen molar-refractivity contribution in [3.63, 3.8) is 0 Å². The Morgan fingerprint density at radius 1 is 0.688 bits per heavy atom. The predicted molar refractivity (Wildman–Crippen MR) is 76.9 cm³/mol. The lowest BCUT2D eigenvalue weighted by molar-refractivity contribution is 0.478. The highest BCUT2D eigenvalue weighted by atomic mass is 31.1. The molecule has 0 aromatic carbocycles. The molecule has 4 bridgehead atoms. The Kier molecular flexibility index (Phi) is 2.71. The van der Waals surface area contributed by atoms with E-state index in [-0.39, 0.29) is 8.41 Å². The molecule has 0 unspecified atom stereocenters. The number of rotatable bonds is 2. The van der Waals surface area contributed by atoms with Gasteiger partial charge in [0.25, 0.3) is 0 Å². The molecule has 0 N–H and O–H groups in total. The fourth-order valence-corrected chi connectivity index (χ4v) is 8.28. The second kappa shape index (κ2) is 3.74. The van der Waals surface area contributed by atoms with Gasteiger partial charge in [0, 0.05) is 0 Å². The molecule has 0 saturated heterocycles. The topological polar surface area (TPSA) is 0 Å². The Hall–Kier alpha value is 0.495. The van der Waals surface area contributed by atoms with E-state index in [0.717, 1.165) is 22.1 Å². The Bertz CT molecular complexity index is 244. The zero-order valence-corrected chi connectivity index (χ0v) is 10.7. The Morgan fingerprint density at radius 3 is 1.31 bits per heavy atom. The Morgan fingerprint density at radius 2 is 1.06 bits per heavy atom.